The molecule has 9 heteroatoms. The van der Waals surface area contributed by atoms with E-state index in [9.17, 15) is 4.79 Å². The number of rotatable bonds is 9. The predicted octanol–water partition coefficient (Wildman–Crippen LogP) is 5.50. The lowest BCUT2D eigenvalue weighted by Gasteiger charge is -2.15. The maximum atomic E-state index is 12.3. The van der Waals surface area contributed by atoms with E-state index in [0.29, 0.717) is 45.7 Å². The van der Waals surface area contributed by atoms with Crippen LogP contribution in [-0.4, -0.2) is 25.5 Å². The average Bonchev–Trinajstić information content (AvgIpc) is 3.28. The van der Waals surface area contributed by atoms with Crippen LogP contribution in [0.15, 0.2) is 64.2 Å². The second-order valence-corrected chi connectivity index (χ2v) is 8.56. The molecular formula is C25H22BrClN2O5. The highest BCUT2D eigenvalue weighted by Crippen LogP contribution is 2.37. The van der Waals surface area contributed by atoms with E-state index in [1.807, 2.05) is 43.3 Å². The summed E-state index contributed by atoms with van der Waals surface area (Å²) in [5.74, 6) is 2.18. The maximum absolute atomic E-state index is 12.3. The number of carbonyl (C=O) groups excluding carboxylic acids is 1. The molecule has 1 N–H and O–H groups in total. The number of hydrogen-bond donors (Lipinski definition) is 1. The van der Waals surface area contributed by atoms with Crippen LogP contribution in [-0.2, 0) is 17.8 Å². The van der Waals surface area contributed by atoms with Gasteiger partial charge in [-0.05, 0) is 64.3 Å². The van der Waals surface area contributed by atoms with Crippen LogP contribution >= 0.6 is 27.5 Å². The van der Waals surface area contributed by atoms with Gasteiger partial charge in [-0.25, -0.2) is 5.43 Å². The van der Waals surface area contributed by atoms with Gasteiger partial charge in [0.05, 0.1) is 23.7 Å². The Kier molecular flexibility index (Phi) is 7.92. The lowest BCUT2D eigenvalue weighted by Crippen LogP contribution is -2.19. The van der Waals surface area contributed by atoms with Gasteiger partial charge in [0.15, 0.2) is 23.0 Å². The number of ether oxygens (including phenoxy) is 4. The van der Waals surface area contributed by atoms with Crippen molar-refractivity contribution in [3.8, 4) is 23.0 Å². The number of carbonyl (C=O) groups is 1. The van der Waals surface area contributed by atoms with Crippen LogP contribution in [0.5, 0.6) is 23.0 Å². The summed E-state index contributed by atoms with van der Waals surface area (Å²) in [5.41, 5.74) is 4.94. The Hall–Kier alpha value is -3.23. The Morgan fingerprint density at radius 1 is 1.15 bits per heavy atom. The van der Waals surface area contributed by atoms with Crippen molar-refractivity contribution in [3.63, 3.8) is 0 Å². The van der Waals surface area contributed by atoms with Crippen molar-refractivity contribution in [3.05, 3.63) is 80.8 Å². The van der Waals surface area contributed by atoms with E-state index >= 15 is 0 Å². The molecule has 1 aliphatic rings. The molecule has 1 heterocycles. The van der Waals surface area contributed by atoms with E-state index in [1.165, 1.54) is 0 Å². The van der Waals surface area contributed by atoms with E-state index in [0.717, 1.165) is 16.7 Å². The molecule has 4 rings (SSSR count). The minimum Gasteiger partial charge on any atom is -0.490 e. The highest BCUT2D eigenvalue weighted by atomic mass is 79.9. The van der Waals surface area contributed by atoms with Crippen molar-refractivity contribution < 1.29 is 23.7 Å². The third kappa shape index (κ3) is 6.01. The zero-order chi connectivity index (χ0) is 23.9. The summed E-state index contributed by atoms with van der Waals surface area (Å²) >= 11 is 9.77. The number of amides is 1. The highest BCUT2D eigenvalue weighted by Gasteiger charge is 2.15. The predicted molar refractivity (Wildman–Crippen MR) is 133 cm³/mol. The Morgan fingerprint density at radius 3 is 2.79 bits per heavy atom. The lowest BCUT2D eigenvalue weighted by atomic mass is 10.1. The van der Waals surface area contributed by atoms with Crippen LogP contribution in [0.4, 0.5) is 0 Å². The van der Waals surface area contributed by atoms with Crippen LogP contribution in [0.2, 0.25) is 5.02 Å². The largest absolute Gasteiger partial charge is 0.490 e. The van der Waals surface area contributed by atoms with Gasteiger partial charge in [-0.3, -0.25) is 4.79 Å². The second-order valence-electron chi connectivity index (χ2n) is 7.30. The summed E-state index contributed by atoms with van der Waals surface area (Å²) in [4.78, 5) is 12.3. The number of benzene rings is 3. The monoisotopic (exact) mass is 544 g/mol. The first-order chi connectivity index (χ1) is 16.5. The first-order valence-corrected chi connectivity index (χ1v) is 11.7. The topological polar surface area (TPSA) is 78.4 Å². The number of fused-ring (bicyclic) bond motifs is 1. The van der Waals surface area contributed by atoms with Gasteiger partial charge in [0.1, 0.15) is 6.61 Å². The van der Waals surface area contributed by atoms with E-state index < -0.39 is 0 Å². The number of hydrogen-bond acceptors (Lipinski definition) is 6. The van der Waals surface area contributed by atoms with Gasteiger partial charge in [-0.15, -0.1) is 0 Å². The summed E-state index contributed by atoms with van der Waals surface area (Å²) in [6, 6.07) is 16.5. The van der Waals surface area contributed by atoms with Gasteiger partial charge < -0.3 is 18.9 Å². The van der Waals surface area contributed by atoms with Crippen LogP contribution in [0.1, 0.15) is 23.6 Å². The molecule has 0 atom stereocenters. The highest BCUT2D eigenvalue weighted by molar-refractivity contribution is 9.10. The molecule has 0 unspecified atom stereocenters. The van der Waals surface area contributed by atoms with Crippen molar-refractivity contribution in [1.82, 2.24) is 5.43 Å². The molecule has 0 aliphatic carbocycles. The van der Waals surface area contributed by atoms with Crippen LogP contribution in [0.25, 0.3) is 0 Å². The van der Waals surface area contributed by atoms with Crippen molar-refractivity contribution in [2.24, 2.45) is 5.10 Å². The summed E-state index contributed by atoms with van der Waals surface area (Å²) in [5, 5.41) is 4.71. The van der Waals surface area contributed by atoms with Crippen molar-refractivity contribution in [1.29, 1.82) is 0 Å². The molecular weight excluding hydrogens is 524 g/mol. The molecule has 0 bridgehead atoms. The third-order valence-electron chi connectivity index (χ3n) is 4.87. The van der Waals surface area contributed by atoms with Crippen molar-refractivity contribution >= 4 is 39.7 Å². The molecule has 3 aromatic carbocycles. The second kappa shape index (κ2) is 11.3. The minimum absolute atomic E-state index is 0.163. The zero-order valence-corrected chi connectivity index (χ0v) is 20.7. The molecule has 7 nitrogen and oxygen atoms in total. The molecule has 1 amide bonds. The molecule has 0 radical (unpaired) electrons. The first kappa shape index (κ1) is 23.9. The molecule has 0 saturated carbocycles. The smallest absolute Gasteiger partial charge is 0.244 e. The van der Waals surface area contributed by atoms with Crippen molar-refractivity contribution in [2.75, 3.05) is 13.4 Å². The zero-order valence-electron chi connectivity index (χ0n) is 18.3. The minimum atomic E-state index is -0.251. The van der Waals surface area contributed by atoms with Gasteiger partial charge >= 0.3 is 0 Å². The number of halogens is 2. The Bertz CT molecular complexity index is 1220. The van der Waals surface area contributed by atoms with Gasteiger partial charge in [-0.1, -0.05) is 35.9 Å². The fraction of sp³-hybridized carbons (Fsp3) is 0.200. The summed E-state index contributed by atoms with van der Waals surface area (Å²) < 4.78 is 23.1. The fourth-order valence-electron chi connectivity index (χ4n) is 3.29. The standard InChI is InChI=1S/C25H22BrClN2O5/c1-2-31-23-11-17(9-19(26)25(23)32-14-18-5-3-4-6-20(18)27)13-28-29-24(30)12-16-7-8-21-22(10-16)34-15-33-21/h3-11,13H,2,12,14-15H2,1H3,(H,29,30)/b28-13-. The van der Waals surface area contributed by atoms with Crippen molar-refractivity contribution in [2.45, 2.75) is 20.0 Å². The Morgan fingerprint density at radius 2 is 1.97 bits per heavy atom. The van der Waals surface area contributed by atoms with Gasteiger partial charge in [-0.2, -0.15) is 5.10 Å². The molecule has 1 aliphatic heterocycles. The fourth-order valence-corrected chi connectivity index (χ4v) is 4.05. The number of nitrogens with zero attached hydrogens (tertiary/aromatic N) is 1. The summed E-state index contributed by atoms with van der Waals surface area (Å²) in [7, 11) is 0. The van der Waals surface area contributed by atoms with Crippen LogP contribution < -0.4 is 24.4 Å². The normalized spacial score (nSPS) is 12.1. The maximum Gasteiger partial charge on any atom is 0.244 e. The quantitative estimate of drug-likeness (QED) is 0.284. The average molecular weight is 546 g/mol. The van der Waals surface area contributed by atoms with Crippen LogP contribution in [0.3, 0.4) is 0 Å². The third-order valence-corrected chi connectivity index (χ3v) is 5.82. The van der Waals surface area contributed by atoms with Gasteiger partial charge in [0.25, 0.3) is 0 Å². The molecule has 0 spiro atoms. The van der Waals surface area contributed by atoms with Crippen LogP contribution in [0, 0.1) is 0 Å². The van der Waals surface area contributed by atoms with E-state index in [-0.39, 0.29) is 19.1 Å². The number of nitrogens with one attached hydrogen (secondary N) is 1. The Balaban J connectivity index is 1.40. The number of hydrazone groups is 1. The van der Waals surface area contributed by atoms with Gasteiger partial charge in [0.2, 0.25) is 12.7 Å². The first-order valence-electron chi connectivity index (χ1n) is 10.6. The van der Waals surface area contributed by atoms with E-state index in [4.69, 9.17) is 30.5 Å². The SMILES string of the molecule is CCOc1cc(/C=N\NC(=O)Cc2ccc3c(c2)OCO3)cc(Br)c1OCc1ccccc1Cl. The van der Waals surface area contributed by atoms with E-state index in [2.05, 4.69) is 26.5 Å². The molecule has 176 valence electrons. The molecule has 0 aromatic heterocycles. The lowest BCUT2D eigenvalue weighted by molar-refractivity contribution is -0.120. The summed E-state index contributed by atoms with van der Waals surface area (Å²) in [6.07, 6.45) is 1.71. The molecule has 0 saturated heterocycles. The van der Waals surface area contributed by atoms with Gasteiger partial charge in [0, 0.05) is 10.6 Å². The summed E-state index contributed by atoms with van der Waals surface area (Å²) in [6.45, 7) is 2.84. The van der Waals surface area contributed by atoms with E-state index in [1.54, 1.807) is 24.4 Å². The molecule has 0 fully saturated rings. The molecule has 34 heavy (non-hydrogen) atoms. The Labute approximate surface area is 210 Å². The molecule has 3 aromatic rings.